The molecule has 1 aliphatic heterocycles. The highest BCUT2D eigenvalue weighted by Crippen LogP contribution is 2.29. The number of pyridine rings is 1. The number of halogens is 3. The number of nitrogens with one attached hydrogen (secondary N) is 1. The molecular weight excluding hydrogens is 531 g/mol. The van der Waals surface area contributed by atoms with E-state index < -0.39 is 18.5 Å². The predicted molar refractivity (Wildman–Crippen MR) is 149 cm³/mol. The minimum Gasteiger partial charge on any atom is -0.342 e. The molecule has 3 aromatic heterocycles. The van der Waals surface area contributed by atoms with Crippen molar-refractivity contribution in [2.45, 2.75) is 57.8 Å². The molecule has 2 aliphatic rings. The summed E-state index contributed by atoms with van der Waals surface area (Å²) in [4.78, 5) is 28.2. The van der Waals surface area contributed by atoms with Crippen molar-refractivity contribution >= 4 is 16.9 Å². The number of carbonyl (C=O) groups is 1. The van der Waals surface area contributed by atoms with E-state index in [4.69, 9.17) is 4.98 Å². The number of piperazine rings is 1. The Labute approximate surface area is 236 Å². The molecule has 1 atom stereocenters. The van der Waals surface area contributed by atoms with Crippen molar-refractivity contribution < 1.29 is 18.0 Å². The van der Waals surface area contributed by atoms with Crippen molar-refractivity contribution in [2.24, 2.45) is 5.92 Å². The molecule has 6 rings (SSSR count). The van der Waals surface area contributed by atoms with Crippen LogP contribution in [0.15, 0.2) is 48.9 Å². The van der Waals surface area contributed by atoms with Crippen LogP contribution in [0.5, 0.6) is 0 Å². The zero-order chi connectivity index (χ0) is 28.6. The Kier molecular flexibility index (Phi) is 7.54. The van der Waals surface area contributed by atoms with Crippen LogP contribution in [-0.4, -0.2) is 72.8 Å². The van der Waals surface area contributed by atoms with Crippen LogP contribution in [0.1, 0.15) is 55.7 Å². The van der Waals surface area contributed by atoms with Crippen LogP contribution < -0.4 is 0 Å². The van der Waals surface area contributed by atoms with Gasteiger partial charge < -0.3 is 9.88 Å². The number of aromatic nitrogens is 5. The molecule has 8 nitrogen and oxygen atoms in total. The summed E-state index contributed by atoms with van der Waals surface area (Å²) in [5.74, 6) is 0.725. The first-order valence-corrected chi connectivity index (χ1v) is 14.2. The summed E-state index contributed by atoms with van der Waals surface area (Å²) in [6.07, 6.45) is 4.41. The van der Waals surface area contributed by atoms with Crippen molar-refractivity contribution in [3.8, 4) is 11.1 Å². The Morgan fingerprint density at radius 3 is 2.63 bits per heavy atom. The van der Waals surface area contributed by atoms with Gasteiger partial charge in [-0.3, -0.25) is 19.4 Å². The van der Waals surface area contributed by atoms with Crippen LogP contribution >= 0.6 is 0 Å². The number of aromatic amines is 1. The van der Waals surface area contributed by atoms with E-state index in [0.717, 1.165) is 51.7 Å². The van der Waals surface area contributed by atoms with Gasteiger partial charge in [0.15, 0.2) is 0 Å². The summed E-state index contributed by atoms with van der Waals surface area (Å²) in [5, 5.41) is 4.56. The number of hydrogen-bond donors (Lipinski definition) is 1. The van der Waals surface area contributed by atoms with E-state index in [9.17, 15) is 18.0 Å². The van der Waals surface area contributed by atoms with Gasteiger partial charge in [-0.2, -0.15) is 18.3 Å². The van der Waals surface area contributed by atoms with Gasteiger partial charge in [-0.05, 0) is 61.1 Å². The normalized spacial score (nSPS) is 17.6. The van der Waals surface area contributed by atoms with Gasteiger partial charge in [-0.15, -0.1) is 0 Å². The highest BCUT2D eigenvalue weighted by Gasteiger charge is 2.35. The first-order chi connectivity index (χ1) is 19.7. The second-order valence-corrected chi connectivity index (χ2v) is 11.3. The fraction of sp³-hybridized carbons (Fsp3) is 0.467. The smallest absolute Gasteiger partial charge is 0.342 e. The molecule has 1 N–H and O–H groups in total. The average molecular weight is 566 g/mol. The highest BCUT2D eigenvalue weighted by molar-refractivity contribution is 5.81. The number of imidazole rings is 1. The molecule has 1 aromatic carbocycles. The zero-order valence-corrected chi connectivity index (χ0v) is 23.1. The van der Waals surface area contributed by atoms with Crippen LogP contribution in [0, 0.1) is 5.92 Å². The SMILES string of the molecule is CC(c1ccnc(Cc2nc3ccc(-c4cnn(CC5CCC5)c4)cc3[nH]2)c1)N1CCN(C(=O)CC(F)(F)F)CC1. The lowest BCUT2D eigenvalue weighted by Gasteiger charge is -2.38. The number of carbonyl (C=O) groups excluding carboxylic acids is 1. The number of nitrogens with zero attached hydrogens (tertiary/aromatic N) is 6. The van der Waals surface area contributed by atoms with Gasteiger partial charge in [0.2, 0.25) is 5.91 Å². The van der Waals surface area contributed by atoms with Crippen molar-refractivity contribution in [3.63, 3.8) is 0 Å². The summed E-state index contributed by atoms with van der Waals surface area (Å²) >= 11 is 0. The maximum Gasteiger partial charge on any atom is 0.397 e. The molecule has 1 aliphatic carbocycles. The molecule has 2 fully saturated rings. The lowest BCUT2D eigenvalue weighted by molar-refractivity contribution is -0.162. The standard InChI is InChI=1S/C30H34F3N7O/c1-20(38-9-11-39(12-10-38)29(41)16-30(31,32)33)22-7-8-34-25(13-22)15-28-36-26-6-5-23(14-27(26)37-28)24-17-35-40(19-24)18-21-3-2-4-21/h5-8,13-14,17,19-21H,2-4,9-12,15-16,18H2,1H3,(H,36,37). The van der Waals surface area contributed by atoms with Gasteiger partial charge in [0, 0.05) is 68.8 Å². The molecule has 216 valence electrons. The van der Waals surface area contributed by atoms with Crippen LogP contribution in [-0.2, 0) is 17.8 Å². The average Bonchev–Trinajstić information content (AvgIpc) is 3.56. The van der Waals surface area contributed by atoms with E-state index in [1.165, 1.54) is 24.2 Å². The van der Waals surface area contributed by atoms with Crippen LogP contribution in [0.3, 0.4) is 0 Å². The Hall–Kier alpha value is -3.73. The molecule has 1 unspecified atom stereocenters. The van der Waals surface area contributed by atoms with Gasteiger partial charge in [0.1, 0.15) is 12.2 Å². The first-order valence-electron chi connectivity index (χ1n) is 14.2. The maximum absolute atomic E-state index is 12.6. The van der Waals surface area contributed by atoms with E-state index in [0.29, 0.717) is 32.6 Å². The van der Waals surface area contributed by atoms with E-state index in [-0.39, 0.29) is 6.04 Å². The third-order valence-electron chi connectivity index (χ3n) is 8.41. The Bertz CT molecular complexity index is 1520. The van der Waals surface area contributed by atoms with Crippen molar-refractivity contribution in [3.05, 3.63) is 66.0 Å². The summed E-state index contributed by atoms with van der Waals surface area (Å²) in [7, 11) is 0. The minimum absolute atomic E-state index is 0.0417. The molecule has 1 saturated heterocycles. The number of fused-ring (bicyclic) bond motifs is 1. The summed E-state index contributed by atoms with van der Waals surface area (Å²) in [6, 6.07) is 10.3. The molecule has 11 heteroatoms. The number of rotatable bonds is 8. The van der Waals surface area contributed by atoms with Gasteiger partial charge in [0.25, 0.3) is 0 Å². The highest BCUT2D eigenvalue weighted by atomic mass is 19.4. The molecule has 4 aromatic rings. The fourth-order valence-corrected chi connectivity index (χ4v) is 5.76. The fourth-order valence-electron chi connectivity index (χ4n) is 5.76. The molecule has 1 saturated carbocycles. The van der Waals surface area contributed by atoms with Crippen LogP contribution in [0.25, 0.3) is 22.2 Å². The molecule has 4 heterocycles. The summed E-state index contributed by atoms with van der Waals surface area (Å²) in [5.41, 5.74) is 6.00. The molecule has 41 heavy (non-hydrogen) atoms. The number of H-pyrrole nitrogens is 1. The van der Waals surface area contributed by atoms with E-state index >= 15 is 0 Å². The monoisotopic (exact) mass is 565 g/mol. The van der Waals surface area contributed by atoms with Crippen molar-refractivity contribution in [2.75, 3.05) is 26.2 Å². The van der Waals surface area contributed by atoms with E-state index in [1.54, 1.807) is 6.20 Å². The minimum atomic E-state index is -4.48. The maximum atomic E-state index is 12.6. The van der Waals surface area contributed by atoms with Gasteiger partial charge in [0.05, 0.1) is 17.2 Å². The predicted octanol–water partition coefficient (Wildman–Crippen LogP) is 5.37. The van der Waals surface area contributed by atoms with Crippen LogP contribution in [0.4, 0.5) is 13.2 Å². The Morgan fingerprint density at radius 2 is 1.90 bits per heavy atom. The lowest BCUT2D eigenvalue weighted by atomic mass is 9.85. The summed E-state index contributed by atoms with van der Waals surface area (Å²) in [6.45, 7) is 4.68. The van der Waals surface area contributed by atoms with E-state index in [1.807, 2.05) is 18.3 Å². The third kappa shape index (κ3) is 6.45. The second kappa shape index (κ2) is 11.3. The largest absolute Gasteiger partial charge is 0.397 e. The number of hydrogen-bond acceptors (Lipinski definition) is 5. The molecule has 0 radical (unpaired) electrons. The molecule has 1 amide bonds. The molecule has 0 spiro atoms. The Morgan fingerprint density at radius 1 is 1.10 bits per heavy atom. The third-order valence-corrected chi connectivity index (χ3v) is 8.41. The van der Waals surface area contributed by atoms with Gasteiger partial charge in [-0.25, -0.2) is 4.98 Å². The topological polar surface area (TPSA) is 82.9 Å². The van der Waals surface area contributed by atoms with Crippen molar-refractivity contribution in [1.82, 2.24) is 34.5 Å². The lowest BCUT2D eigenvalue weighted by Crippen LogP contribution is -2.50. The first kappa shape index (κ1) is 27.4. The van der Waals surface area contributed by atoms with Gasteiger partial charge in [-0.1, -0.05) is 12.5 Å². The zero-order valence-electron chi connectivity index (χ0n) is 23.1. The van der Waals surface area contributed by atoms with Crippen LogP contribution in [0.2, 0.25) is 0 Å². The molecular formula is C30H34F3N7O. The quantitative estimate of drug-likeness (QED) is 0.311. The Balaban J connectivity index is 1.09. The van der Waals surface area contributed by atoms with E-state index in [2.05, 4.69) is 56.0 Å². The second-order valence-electron chi connectivity index (χ2n) is 11.3. The number of alkyl halides is 3. The number of amides is 1. The summed E-state index contributed by atoms with van der Waals surface area (Å²) < 4.78 is 39.9. The molecule has 0 bridgehead atoms. The van der Waals surface area contributed by atoms with Crippen molar-refractivity contribution in [1.29, 1.82) is 0 Å². The number of benzene rings is 1. The van der Waals surface area contributed by atoms with Gasteiger partial charge >= 0.3 is 6.18 Å².